The van der Waals surface area contributed by atoms with E-state index in [1.54, 1.807) is 26.0 Å². The van der Waals surface area contributed by atoms with Crippen molar-refractivity contribution in [3.05, 3.63) is 23.9 Å². The van der Waals surface area contributed by atoms with E-state index in [0.29, 0.717) is 5.82 Å². The second-order valence-electron chi connectivity index (χ2n) is 4.19. The van der Waals surface area contributed by atoms with Gasteiger partial charge in [-0.1, -0.05) is 5.92 Å². The van der Waals surface area contributed by atoms with Crippen molar-refractivity contribution >= 4 is 17.7 Å². The SMILES string of the molecule is C#CCNC(=O)CNc1ncccc1C(=O)OC(C)C. The first-order valence-electron chi connectivity index (χ1n) is 6.14. The van der Waals surface area contributed by atoms with Gasteiger partial charge in [0.05, 0.1) is 19.2 Å². The van der Waals surface area contributed by atoms with Crippen LogP contribution in [0.25, 0.3) is 0 Å². The number of hydrogen-bond acceptors (Lipinski definition) is 5. The molecule has 0 aliphatic rings. The Morgan fingerprint density at radius 3 is 2.90 bits per heavy atom. The number of aromatic nitrogens is 1. The van der Waals surface area contributed by atoms with Gasteiger partial charge in [0, 0.05) is 6.20 Å². The molecule has 6 nitrogen and oxygen atoms in total. The van der Waals surface area contributed by atoms with Crippen molar-refractivity contribution < 1.29 is 14.3 Å². The summed E-state index contributed by atoms with van der Waals surface area (Å²) in [6.45, 7) is 3.65. The number of nitrogens with zero attached hydrogens (tertiary/aromatic N) is 1. The predicted octanol–water partition coefficient (Wildman–Crippen LogP) is 0.808. The molecule has 0 fully saturated rings. The molecule has 0 aliphatic heterocycles. The van der Waals surface area contributed by atoms with Crippen LogP contribution in [0.3, 0.4) is 0 Å². The number of pyridine rings is 1. The largest absolute Gasteiger partial charge is 0.459 e. The number of amides is 1. The van der Waals surface area contributed by atoms with E-state index >= 15 is 0 Å². The van der Waals surface area contributed by atoms with Crippen LogP contribution in [-0.4, -0.2) is 36.1 Å². The minimum absolute atomic E-state index is 0.0271. The van der Waals surface area contributed by atoms with Crippen molar-refractivity contribution in [2.45, 2.75) is 20.0 Å². The lowest BCUT2D eigenvalue weighted by Gasteiger charge is -2.12. The predicted molar refractivity (Wildman–Crippen MR) is 75.1 cm³/mol. The van der Waals surface area contributed by atoms with E-state index in [1.807, 2.05) is 0 Å². The van der Waals surface area contributed by atoms with Gasteiger partial charge in [-0.2, -0.15) is 0 Å². The highest BCUT2D eigenvalue weighted by Crippen LogP contribution is 2.13. The molecule has 1 rings (SSSR count). The molecule has 6 heteroatoms. The molecule has 2 N–H and O–H groups in total. The van der Waals surface area contributed by atoms with E-state index in [4.69, 9.17) is 11.2 Å². The summed E-state index contributed by atoms with van der Waals surface area (Å²) in [7, 11) is 0. The minimum Gasteiger partial charge on any atom is -0.459 e. The average molecular weight is 275 g/mol. The number of terminal acetylenes is 1. The summed E-state index contributed by atoms with van der Waals surface area (Å²) in [6, 6.07) is 3.21. The maximum absolute atomic E-state index is 11.9. The summed E-state index contributed by atoms with van der Waals surface area (Å²) in [5.41, 5.74) is 0.283. The maximum Gasteiger partial charge on any atom is 0.342 e. The zero-order valence-corrected chi connectivity index (χ0v) is 11.5. The second kappa shape index (κ2) is 7.79. The quantitative estimate of drug-likeness (QED) is 0.593. The first-order valence-corrected chi connectivity index (χ1v) is 6.14. The fourth-order valence-corrected chi connectivity index (χ4v) is 1.36. The molecule has 0 atom stereocenters. The molecule has 0 radical (unpaired) electrons. The Kier molecular flexibility index (Phi) is 6.04. The third-order valence-corrected chi connectivity index (χ3v) is 2.17. The lowest BCUT2D eigenvalue weighted by atomic mass is 10.2. The zero-order valence-electron chi connectivity index (χ0n) is 11.5. The number of esters is 1. The first-order chi connectivity index (χ1) is 9.54. The van der Waals surface area contributed by atoms with Gasteiger partial charge in [0.15, 0.2) is 0 Å². The minimum atomic E-state index is -0.486. The molecule has 0 saturated heterocycles. The number of hydrogen-bond donors (Lipinski definition) is 2. The molecule has 1 aromatic heterocycles. The Balaban J connectivity index is 2.69. The summed E-state index contributed by atoms with van der Waals surface area (Å²) in [4.78, 5) is 27.3. The van der Waals surface area contributed by atoms with Crippen molar-refractivity contribution in [3.63, 3.8) is 0 Å². The number of carbonyl (C=O) groups excluding carboxylic acids is 2. The van der Waals surface area contributed by atoms with Crippen molar-refractivity contribution in [2.75, 3.05) is 18.4 Å². The Bertz CT molecular complexity index is 521. The van der Waals surface area contributed by atoms with Crippen LogP contribution in [0.5, 0.6) is 0 Å². The molecule has 106 valence electrons. The first kappa shape index (κ1) is 15.5. The third-order valence-electron chi connectivity index (χ3n) is 2.17. The van der Waals surface area contributed by atoms with Gasteiger partial charge in [-0.05, 0) is 26.0 Å². The van der Waals surface area contributed by atoms with Crippen LogP contribution in [0.2, 0.25) is 0 Å². The summed E-state index contributed by atoms with van der Waals surface area (Å²) in [5, 5.41) is 5.29. The molecule has 1 aromatic rings. The standard InChI is InChI=1S/C14H17N3O3/c1-4-7-15-12(18)9-17-13-11(6-5-8-16-13)14(19)20-10(2)3/h1,5-6,8,10H,7,9H2,2-3H3,(H,15,18)(H,16,17). The lowest BCUT2D eigenvalue weighted by molar-refractivity contribution is -0.119. The number of rotatable bonds is 6. The van der Waals surface area contributed by atoms with Crippen molar-refractivity contribution in [1.82, 2.24) is 10.3 Å². The highest BCUT2D eigenvalue weighted by molar-refractivity contribution is 5.95. The topological polar surface area (TPSA) is 80.3 Å². The molecule has 0 spiro atoms. The maximum atomic E-state index is 11.9. The van der Waals surface area contributed by atoms with Crippen LogP contribution < -0.4 is 10.6 Å². The van der Waals surface area contributed by atoms with Crippen LogP contribution in [0, 0.1) is 12.3 Å². The van der Waals surface area contributed by atoms with Crippen LogP contribution >= 0.6 is 0 Å². The van der Waals surface area contributed by atoms with Crippen molar-refractivity contribution in [1.29, 1.82) is 0 Å². The van der Waals surface area contributed by atoms with E-state index in [1.165, 1.54) is 6.20 Å². The van der Waals surface area contributed by atoms with Gasteiger partial charge in [0.2, 0.25) is 5.91 Å². The second-order valence-corrected chi connectivity index (χ2v) is 4.19. The number of nitrogens with one attached hydrogen (secondary N) is 2. The smallest absolute Gasteiger partial charge is 0.342 e. The summed E-state index contributed by atoms with van der Waals surface area (Å²) < 4.78 is 5.10. The molecule has 20 heavy (non-hydrogen) atoms. The van der Waals surface area contributed by atoms with Gasteiger partial charge in [-0.25, -0.2) is 9.78 Å². The Labute approximate surface area is 117 Å². The number of anilines is 1. The molecule has 0 unspecified atom stereocenters. The fourth-order valence-electron chi connectivity index (χ4n) is 1.36. The molecular weight excluding hydrogens is 258 g/mol. The average Bonchev–Trinajstić information content (AvgIpc) is 2.42. The highest BCUT2D eigenvalue weighted by Gasteiger charge is 2.15. The Morgan fingerprint density at radius 1 is 1.50 bits per heavy atom. The third kappa shape index (κ3) is 4.98. The number of ether oxygens (including phenoxy) is 1. The van der Waals surface area contributed by atoms with Gasteiger partial charge >= 0.3 is 5.97 Å². The van der Waals surface area contributed by atoms with Crippen LogP contribution in [0.1, 0.15) is 24.2 Å². The van der Waals surface area contributed by atoms with E-state index in [9.17, 15) is 9.59 Å². The van der Waals surface area contributed by atoms with Gasteiger partial charge in [0.1, 0.15) is 11.4 Å². The monoisotopic (exact) mass is 275 g/mol. The van der Waals surface area contributed by atoms with Crippen molar-refractivity contribution in [3.8, 4) is 12.3 Å². The molecular formula is C14H17N3O3. The summed E-state index contributed by atoms with van der Waals surface area (Å²) in [6.07, 6.45) is 6.33. The van der Waals surface area contributed by atoms with E-state index < -0.39 is 5.97 Å². The lowest BCUT2D eigenvalue weighted by Crippen LogP contribution is -2.30. The van der Waals surface area contributed by atoms with E-state index in [2.05, 4.69) is 21.5 Å². The molecule has 1 heterocycles. The molecule has 0 saturated carbocycles. The number of carbonyl (C=O) groups is 2. The van der Waals surface area contributed by atoms with Gasteiger partial charge in [-0.15, -0.1) is 6.42 Å². The van der Waals surface area contributed by atoms with E-state index in [-0.39, 0.29) is 30.7 Å². The molecule has 0 aliphatic carbocycles. The van der Waals surface area contributed by atoms with Crippen LogP contribution in [0.15, 0.2) is 18.3 Å². The summed E-state index contributed by atoms with van der Waals surface area (Å²) >= 11 is 0. The fraction of sp³-hybridized carbons (Fsp3) is 0.357. The highest BCUT2D eigenvalue weighted by atomic mass is 16.5. The van der Waals surface area contributed by atoms with Crippen molar-refractivity contribution in [2.24, 2.45) is 0 Å². The normalized spacial score (nSPS) is 9.70. The molecule has 0 aromatic carbocycles. The van der Waals surface area contributed by atoms with Crippen LogP contribution in [-0.2, 0) is 9.53 Å². The summed E-state index contributed by atoms with van der Waals surface area (Å²) in [5.74, 6) is 1.83. The Morgan fingerprint density at radius 2 is 2.25 bits per heavy atom. The van der Waals surface area contributed by atoms with Gasteiger partial charge in [0.25, 0.3) is 0 Å². The molecule has 0 bridgehead atoms. The van der Waals surface area contributed by atoms with Gasteiger partial charge < -0.3 is 15.4 Å². The Hall–Kier alpha value is -2.55. The van der Waals surface area contributed by atoms with Crippen LogP contribution in [0.4, 0.5) is 5.82 Å². The zero-order chi connectivity index (χ0) is 15.0. The van der Waals surface area contributed by atoms with E-state index in [0.717, 1.165) is 0 Å². The molecule has 1 amide bonds. The van der Waals surface area contributed by atoms with Gasteiger partial charge in [-0.3, -0.25) is 4.79 Å².